The van der Waals surface area contributed by atoms with Gasteiger partial charge in [-0.25, -0.2) is 9.31 Å². The van der Waals surface area contributed by atoms with Gasteiger partial charge in [-0.15, -0.1) is 5.10 Å². The Kier molecular flexibility index (Phi) is 6.25. The molecule has 8 heteroatoms. The first-order chi connectivity index (χ1) is 14.6. The number of rotatable bonds is 4. The van der Waals surface area contributed by atoms with Gasteiger partial charge in [0.05, 0.1) is 11.8 Å². The number of hydrogen-bond donors (Lipinski definition) is 3. The van der Waals surface area contributed by atoms with Gasteiger partial charge in [-0.3, -0.25) is 10.2 Å². The highest BCUT2D eigenvalue weighted by molar-refractivity contribution is 5.80. The summed E-state index contributed by atoms with van der Waals surface area (Å²) in [5.74, 6) is 0.0511. The molecule has 0 radical (unpaired) electrons. The molecular formula is C22H27N5O3. The first kappa shape index (κ1) is 20.3. The quantitative estimate of drug-likeness (QED) is 0.608. The molecule has 1 aromatic carbocycles. The molecule has 0 spiro atoms. The van der Waals surface area contributed by atoms with Gasteiger partial charge in [0.25, 0.3) is 5.95 Å². The number of fused-ring (bicyclic) bond motifs is 1. The van der Waals surface area contributed by atoms with Gasteiger partial charge >= 0.3 is 6.09 Å². The van der Waals surface area contributed by atoms with Gasteiger partial charge in [0, 0.05) is 18.7 Å². The Morgan fingerprint density at radius 3 is 2.53 bits per heavy atom. The van der Waals surface area contributed by atoms with Crippen LogP contribution in [0.5, 0.6) is 0 Å². The van der Waals surface area contributed by atoms with Crippen molar-refractivity contribution in [3.63, 3.8) is 0 Å². The molecule has 1 amide bonds. The molecular weight excluding hydrogens is 382 g/mol. The average molecular weight is 409 g/mol. The fourth-order valence-electron chi connectivity index (χ4n) is 3.49. The van der Waals surface area contributed by atoms with Crippen LogP contribution >= 0.6 is 0 Å². The van der Waals surface area contributed by atoms with Crippen LogP contribution in [0, 0.1) is 0 Å². The smallest absolute Gasteiger partial charge is 0.411 e. The third-order valence-electron chi connectivity index (χ3n) is 5.07. The van der Waals surface area contributed by atoms with E-state index in [1.54, 1.807) is 10.6 Å². The van der Waals surface area contributed by atoms with E-state index in [9.17, 15) is 9.90 Å². The lowest BCUT2D eigenvalue weighted by molar-refractivity contribution is 0.0668. The van der Waals surface area contributed by atoms with E-state index in [0.29, 0.717) is 5.65 Å². The number of pyridine rings is 1. The van der Waals surface area contributed by atoms with E-state index >= 15 is 0 Å². The molecule has 8 nitrogen and oxygen atoms in total. The van der Waals surface area contributed by atoms with Crippen LogP contribution in [0.4, 0.5) is 10.7 Å². The van der Waals surface area contributed by atoms with Crippen molar-refractivity contribution >= 4 is 17.7 Å². The van der Waals surface area contributed by atoms with Crippen LogP contribution in [0.25, 0.3) is 16.9 Å². The van der Waals surface area contributed by atoms with E-state index in [1.807, 2.05) is 24.3 Å². The Morgan fingerprint density at radius 2 is 1.87 bits per heavy atom. The second kappa shape index (κ2) is 9.23. The maximum atomic E-state index is 10.8. The number of aliphatic hydroxyl groups is 1. The van der Waals surface area contributed by atoms with Crippen LogP contribution in [-0.2, 0) is 6.54 Å². The molecule has 2 fully saturated rings. The Bertz CT molecular complexity index is 997. The second-order valence-corrected chi connectivity index (χ2v) is 7.84. The molecule has 2 aromatic heterocycles. The van der Waals surface area contributed by atoms with Crippen LogP contribution in [0.2, 0.25) is 0 Å². The zero-order chi connectivity index (χ0) is 20.9. The van der Waals surface area contributed by atoms with Crippen molar-refractivity contribution in [3.05, 3.63) is 48.0 Å². The molecule has 30 heavy (non-hydrogen) atoms. The predicted octanol–water partition coefficient (Wildman–Crippen LogP) is 3.61. The standard InChI is InChI=1S/C19H21N5O3.C3H6/c25-15-3-2-10-23(12-15)11-13-6-8-14(9-7-13)16-4-1-5-17-20-18(21-19(26)27)22-24(16)17;1-2-3-1/h1,4-9,15,25H,2-3,10-12H2,(H,21,22)(H,26,27);1-3H2. The molecule has 3 N–H and O–H groups in total. The Labute approximate surface area is 175 Å². The third-order valence-corrected chi connectivity index (χ3v) is 5.07. The summed E-state index contributed by atoms with van der Waals surface area (Å²) in [6.45, 7) is 2.55. The van der Waals surface area contributed by atoms with Crippen molar-refractivity contribution < 1.29 is 15.0 Å². The molecule has 5 rings (SSSR count). The molecule has 1 aliphatic carbocycles. The molecule has 3 heterocycles. The van der Waals surface area contributed by atoms with Crippen molar-refractivity contribution in [2.45, 2.75) is 44.8 Å². The number of piperidine rings is 1. The zero-order valence-electron chi connectivity index (χ0n) is 16.9. The number of aliphatic hydroxyl groups excluding tert-OH is 1. The van der Waals surface area contributed by atoms with E-state index in [1.165, 1.54) is 24.8 Å². The molecule has 1 saturated carbocycles. The van der Waals surface area contributed by atoms with E-state index < -0.39 is 6.09 Å². The number of likely N-dealkylation sites (tertiary alicyclic amines) is 1. The fourth-order valence-corrected chi connectivity index (χ4v) is 3.49. The highest BCUT2D eigenvalue weighted by atomic mass is 16.4. The number of amides is 1. The van der Waals surface area contributed by atoms with Crippen LogP contribution in [0.1, 0.15) is 37.7 Å². The summed E-state index contributed by atoms with van der Waals surface area (Å²) in [4.78, 5) is 17.2. The monoisotopic (exact) mass is 409 g/mol. The normalized spacial score (nSPS) is 18.5. The lowest BCUT2D eigenvalue weighted by Gasteiger charge is -2.29. The Morgan fingerprint density at radius 1 is 1.10 bits per heavy atom. The van der Waals surface area contributed by atoms with Crippen molar-refractivity contribution in [2.75, 3.05) is 18.4 Å². The van der Waals surface area contributed by atoms with Gasteiger partial charge in [-0.05, 0) is 37.1 Å². The largest absolute Gasteiger partial charge is 0.465 e. The minimum atomic E-state index is -1.19. The van der Waals surface area contributed by atoms with Gasteiger partial charge in [-0.2, -0.15) is 4.98 Å². The lowest BCUT2D eigenvalue weighted by Crippen LogP contribution is -2.37. The number of nitrogens with one attached hydrogen (secondary N) is 1. The van der Waals surface area contributed by atoms with Crippen molar-refractivity contribution in [2.24, 2.45) is 0 Å². The van der Waals surface area contributed by atoms with E-state index in [2.05, 4.69) is 32.4 Å². The van der Waals surface area contributed by atoms with Gasteiger partial charge in [0.15, 0.2) is 5.65 Å². The molecule has 3 aromatic rings. The van der Waals surface area contributed by atoms with Crippen molar-refractivity contribution in [1.29, 1.82) is 0 Å². The number of carbonyl (C=O) groups is 1. The first-order valence-corrected chi connectivity index (χ1v) is 10.4. The van der Waals surface area contributed by atoms with Gasteiger partial charge < -0.3 is 10.2 Å². The number of nitrogens with zero attached hydrogens (tertiary/aromatic N) is 4. The zero-order valence-corrected chi connectivity index (χ0v) is 16.9. The van der Waals surface area contributed by atoms with E-state index in [-0.39, 0.29) is 12.1 Å². The van der Waals surface area contributed by atoms with Gasteiger partial charge in [-0.1, -0.05) is 49.6 Å². The number of benzene rings is 1. The lowest BCUT2D eigenvalue weighted by atomic mass is 10.1. The highest BCUT2D eigenvalue weighted by Gasteiger charge is 2.17. The van der Waals surface area contributed by atoms with Gasteiger partial charge in [0.2, 0.25) is 0 Å². The van der Waals surface area contributed by atoms with Crippen LogP contribution in [0.15, 0.2) is 42.5 Å². The van der Waals surface area contributed by atoms with E-state index in [0.717, 1.165) is 43.7 Å². The van der Waals surface area contributed by atoms with Crippen molar-refractivity contribution in [1.82, 2.24) is 19.5 Å². The summed E-state index contributed by atoms with van der Waals surface area (Å²) in [5.41, 5.74) is 3.56. The number of β-amino-alcohol motifs (C(OH)–C–C–N with tert-alkyl or cyclic N) is 1. The fraction of sp³-hybridized carbons (Fsp3) is 0.409. The highest BCUT2D eigenvalue weighted by Crippen LogP contribution is 2.22. The van der Waals surface area contributed by atoms with E-state index in [4.69, 9.17) is 5.11 Å². The minimum absolute atomic E-state index is 0.0511. The van der Waals surface area contributed by atoms with Crippen LogP contribution in [0.3, 0.4) is 0 Å². The topological polar surface area (TPSA) is 103 Å². The Balaban J connectivity index is 0.000000667. The van der Waals surface area contributed by atoms with Crippen LogP contribution in [-0.4, -0.2) is 55.0 Å². The first-order valence-electron chi connectivity index (χ1n) is 10.4. The Hall–Kier alpha value is -2.97. The molecule has 1 atom stereocenters. The number of anilines is 1. The average Bonchev–Trinajstić information content (AvgIpc) is 3.54. The van der Waals surface area contributed by atoms with Gasteiger partial charge in [0.1, 0.15) is 0 Å². The molecule has 1 unspecified atom stereocenters. The maximum Gasteiger partial charge on any atom is 0.411 e. The molecule has 2 aliphatic rings. The van der Waals surface area contributed by atoms with Crippen LogP contribution < -0.4 is 5.32 Å². The SMILES string of the molecule is C1CC1.O=C(O)Nc1nc2cccc(-c3ccc(CN4CCCC(O)C4)cc3)n2n1. The van der Waals surface area contributed by atoms with Crippen molar-refractivity contribution in [3.8, 4) is 11.3 Å². The summed E-state index contributed by atoms with van der Waals surface area (Å²) in [6, 6.07) is 13.8. The summed E-state index contributed by atoms with van der Waals surface area (Å²) in [6.07, 6.45) is 4.99. The summed E-state index contributed by atoms with van der Waals surface area (Å²) < 4.78 is 1.63. The molecule has 158 valence electrons. The summed E-state index contributed by atoms with van der Waals surface area (Å²) in [7, 11) is 0. The molecule has 1 aliphatic heterocycles. The third kappa shape index (κ3) is 5.34. The second-order valence-electron chi connectivity index (χ2n) is 7.84. The summed E-state index contributed by atoms with van der Waals surface area (Å²) in [5, 5.41) is 25.1. The predicted molar refractivity (Wildman–Crippen MR) is 114 cm³/mol. The molecule has 1 saturated heterocycles. The number of carboxylic acid groups (broad SMARTS) is 1. The number of aromatic nitrogens is 3. The number of hydrogen-bond acceptors (Lipinski definition) is 5. The minimum Gasteiger partial charge on any atom is -0.465 e. The molecule has 0 bridgehead atoms. The maximum absolute atomic E-state index is 10.8. The summed E-state index contributed by atoms with van der Waals surface area (Å²) >= 11 is 0.